The van der Waals surface area contributed by atoms with Crippen LogP contribution in [0.25, 0.3) is 0 Å². The minimum atomic E-state index is -4.25. The predicted octanol–water partition coefficient (Wildman–Crippen LogP) is 1.23. The molecule has 0 aliphatic rings. The first kappa shape index (κ1) is 16.8. The molecule has 0 heterocycles. The van der Waals surface area contributed by atoms with Crippen molar-refractivity contribution in [2.45, 2.75) is 24.3 Å². The van der Waals surface area contributed by atoms with Crippen molar-refractivity contribution in [2.24, 2.45) is 0 Å². The van der Waals surface area contributed by atoms with E-state index in [1.807, 2.05) is 0 Å². The third-order valence-corrected chi connectivity index (χ3v) is 4.06. The molecule has 0 fully saturated rings. The number of carboxylic acids is 1. The van der Waals surface area contributed by atoms with Crippen LogP contribution in [0.4, 0.5) is 4.39 Å². The molecule has 1 aromatic rings. The van der Waals surface area contributed by atoms with Gasteiger partial charge in [-0.3, -0.25) is 0 Å². The molecule has 0 aliphatic carbocycles. The van der Waals surface area contributed by atoms with Gasteiger partial charge >= 0.3 is 5.97 Å². The molecule has 3 N–H and O–H groups in total. The summed E-state index contributed by atoms with van der Waals surface area (Å²) < 4.78 is 39.7. The quantitative estimate of drug-likeness (QED) is 0.729. The van der Waals surface area contributed by atoms with E-state index in [0.717, 1.165) is 12.1 Å². The zero-order valence-electron chi connectivity index (χ0n) is 10.4. The Morgan fingerprint density at radius 3 is 2.60 bits per heavy atom. The Hall–Kier alpha value is -1.22. The summed E-state index contributed by atoms with van der Waals surface area (Å²) in [5.41, 5.74) is -0.826. The van der Waals surface area contributed by atoms with Crippen LogP contribution in [0.1, 0.15) is 23.7 Å². The molecule has 1 aromatic carbocycles. The van der Waals surface area contributed by atoms with E-state index in [0.29, 0.717) is 0 Å². The van der Waals surface area contributed by atoms with E-state index in [1.54, 1.807) is 0 Å². The predicted molar refractivity (Wildman–Crippen MR) is 69.9 cm³/mol. The highest BCUT2D eigenvalue weighted by Gasteiger charge is 2.24. The number of carbonyl (C=O) groups is 1. The second-order valence-electron chi connectivity index (χ2n) is 4.11. The number of benzene rings is 1. The first-order valence-electron chi connectivity index (χ1n) is 5.55. The highest BCUT2D eigenvalue weighted by Crippen LogP contribution is 2.23. The van der Waals surface area contributed by atoms with Crippen molar-refractivity contribution in [3.05, 3.63) is 28.5 Å². The number of hydrogen-bond donors (Lipinski definition) is 3. The molecule has 0 aliphatic heterocycles. The standard InChI is InChI=1S/C11H13ClFNO5S/c1-6(15)2-3-14-20(18,19)9-5-7(12)4-8(10(9)13)11(16)17/h4-6,14-15H,2-3H2,1H3,(H,16,17). The summed E-state index contributed by atoms with van der Waals surface area (Å²) in [6.45, 7) is 1.35. The number of carboxylic acid groups (broad SMARTS) is 1. The van der Waals surface area contributed by atoms with Crippen molar-refractivity contribution in [3.8, 4) is 0 Å². The third kappa shape index (κ3) is 4.14. The Morgan fingerprint density at radius 1 is 1.50 bits per heavy atom. The van der Waals surface area contributed by atoms with Crippen LogP contribution in [0.15, 0.2) is 17.0 Å². The summed E-state index contributed by atoms with van der Waals surface area (Å²) in [5, 5.41) is 17.6. The van der Waals surface area contributed by atoms with Gasteiger partial charge in [0.05, 0.1) is 11.7 Å². The molecule has 0 radical (unpaired) electrons. The van der Waals surface area contributed by atoms with Crippen molar-refractivity contribution < 1.29 is 27.8 Å². The molecule has 6 nitrogen and oxygen atoms in total. The van der Waals surface area contributed by atoms with Crippen LogP contribution < -0.4 is 4.72 Å². The molecule has 9 heteroatoms. The Kier molecular flexibility index (Phi) is 5.46. The third-order valence-electron chi connectivity index (χ3n) is 2.38. The second-order valence-corrected chi connectivity index (χ2v) is 6.28. The largest absolute Gasteiger partial charge is 0.478 e. The first-order chi connectivity index (χ1) is 9.15. The van der Waals surface area contributed by atoms with Crippen LogP contribution in [-0.4, -0.2) is 37.2 Å². The van der Waals surface area contributed by atoms with Crippen molar-refractivity contribution in [2.75, 3.05) is 6.54 Å². The maximum absolute atomic E-state index is 13.9. The molecule has 0 bridgehead atoms. The van der Waals surface area contributed by atoms with E-state index in [4.69, 9.17) is 21.8 Å². The highest BCUT2D eigenvalue weighted by atomic mass is 35.5. The molecule has 0 saturated heterocycles. The molecule has 112 valence electrons. The van der Waals surface area contributed by atoms with Gasteiger partial charge in [-0.2, -0.15) is 0 Å². The van der Waals surface area contributed by atoms with Gasteiger partial charge in [-0.05, 0) is 25.5 Å². The van der Waals surface area contributed by atoms with Crippen LogP contribution in [0.2, 0.25) is 5.02 Å². The van der Waals surface area contributed by atoms with Crippen LogP contribution in [-0.2, 0) is 10.0 Å². The highest BCUT2D eigenvalue weighted by molar-refractivity contribution is 7.89. The minimum Gasteiger partial charge on any atom is -0.478 e. The van der Waals surface area contributed by atoms with Crippen LogP contribution >= 0.6 is 11.6 Å². The Labute approximate surface area is 120 Å². The lowest BCUT2D eigenvalue weighted by molar-refractivity contribution is 0.0691. The molecule has 20 heavy (non-hydrogen) atoms. The number of halogens is 2. The zero-order chi connectivity index (χ0) is 15.5. The van der Waals surface area contributed by atoms with Gasteiger partial charge in [0.25, 0.3) is 0 Å². The van der Waals surface area contributed by atoms with E-state index in [-0.39, 0.29) is 18.0 Å². The molecule has 1 atom stereocenters. The van der Waals surface area contributed by atoms with Gasteiger partial charge in [0.2, 0.25) is 10.0 Å². The molecule has 0 saturated carbocycles. The van der Waals surface area contributed by atoms with E-state index in [9.17, 15) is 17.6 Å². The van der Waals surface area contributed by atoms with Gasteiger partial charge < -0.3 is 10.2 Å². The Balaban J connectivity index is 3.15. The molecule has 1 rings (SSSR count). The van der Waals surface area contributed by atoms with Crippen LogP contribution in [0, 0.1) is 5.82 Å². The molecule has 0 aromatic heterocycles. The average molecular weight is 326 g/mol. The van der Waals surface area contributed by atoms with Crippen LogP contribution in [0.3, 0.4) is 0 Å². The number of nitrogens with one attached hydrogen (secondary N) is 1. The van der Waals surface area contributed by atoms with Crippen LogP contribution in [0.5, 0.6) is 0 Å². The maximum atomic E-state index is 13.9. The van der Waals surface area contributed by atoms with Crippen molar-refractivity contribution >= 4 is 27.6 Å². The number of rotatable bonds is 6. The summed E-state index contributed by atoms with van der Waals surface area (Å²) in [4.78, 5) is 9.97. The molecule has 0 amide bonds. The smallest absolute Gasteiger partial charge is 0.338 e. The first-order valence-corrected chi connectivity index (χ1v) is 7.41. The number of aromatic carboxylic acids is 1. The fourth-order valence-corrected chi connectivity index (χ4v) is 2.85. The normalized spacial score (nSPS) is 13.2. The average Bonchev–Trinajstić information content (AvgIpc) is 2.30. The minimum absolute atomic E-state index is 0.117. The van der Waals surface area contributed by atoms with E-state index >= 15 is 0 Å². The summed E-state index contributed by atoms with van der Waals surface area (Å²) >= 11 is 5.59. The number of sulfonamides is 1. The number of aliphatic hydroxyl groups is 1. The van der Waals surface area contributed by atoms with Crippen molar-refractivity contribution in [1.29, 1.82) is 0 Å². The van der Waals surface area contributed by atoms with Gasteiger partial charge in [-0.15, -0.1) is 0 Å². The van der Waals surface area contributed by atoms with Gasteiger partial charge in [-0.25, -0.2) is 22.3 Å². The zero-order valence-corrected chi connectivity index (χ0v) is 12.0. The van der Waals surface area contributed by atoms with E-state index in [2.05, 4.69) is 4.72 Å². The monoisotopic (exact) mass is 325 g/mol. The summed E-state index contributed by atoms with van der Waals surface area (Å²) in [6.07, 6.45) is -0.593. The molecular weight excluding hydrogens is 313 g/mol. The molecular formula is C11H13ClFNO5S. The second kappa shape index (κ2) is 6.49. The van der Waals surface area contributed by atoms with Gasteiger partial charge in [-0.1, -0.05) is 11.6 Å². The summed E-state index contributed by atoms with van der Waals surface area (Å²) in [6, 6.07) is 1.65. The topological polar surface area (TPSA) is 104 Å². The number of aliphatic hydroxyl groups excluding tert-OH is 1. The lowest BCUT2D eigenvalue weighted by Gasteiger charge is -2.10. The fraction of sp³-hybridized carbons (Fsp3) is 0.364. The van der Waals surface area contributed by atoms with Gasteiger partial charge in [0.15, 0.2) is 5.82 Å². The fourth-order valence-electron chi connectivity index (χ4n) is 1.40. The molecule has 1 unspecified atom stereocenters. The summed E-state index contributed by atoms with van der Waals surface area (Å²) in [7, 11) is -4.25. The van der Waals surface area contributed by atoms with Crippen molar-refractivity contribution in [3.63, 3.8) is 0 Å². The van der Waals surface area contributed by atoms with E-state index < -0.39 is 38.4 Å². The SMILES string of the molecule is CC(O)CCNS(=O)(=O)c1cc(Cl)cc(C(=O)O)c1F. The lowest BCUT2D eigenvalue weighted by atomic mass is 10.2. The Bertz CT molecular complexity index is 617. The van der Waals surface area contributed by atoms with Crippen molar-refractivity contribution in [1.82, 2.24) is 4.72 Å². The lowest BCUT2D eigenvalue weighted by Crippen LogP contribution is -2.28. The summed E-state index contributed by atoms with van der Waals surface area (Å²) in [5.74, 6) is -3.00. The van der Waals surface area contributed by atoms with Gasteiger partial charge in [0.1, 0.15) is 4.90 Å². The molecule has 0 spiro atoms. The Morgan fingerprint density at radius 2 is 2.10 bits per heavy atom. The van der Waals surface area contributed by atoms with E-state index in [1.165, 1.54) is 6.92 Å². The maximum Gasteiger partial charge on any atom is 0.338 e. The number of hydrogen-bond acceptors (Lipinski definition) is 4. The van der Waals surface area contributed by atoms with Gasteiger partial charge in [0, 0.05) is 11.6 Å².